The Hall–Kier alpha value is -1.02. The molecule has 0 aliphatic heterocycles. The summed E-state index contributed by atoms with van der Waals surface area (Å²) in [6, 6.07) is 9.06. The van der Waals surface area contributed by atoms with Crippen LogP contribution in [-0.4, -0.2) is 12.5 Å². The fourth-order valence-electron chi connectivity index (χ4n) is 4.16. The van der Waals surface area contributed by atoms with Crippen molar-refractivity contribution in [1.82, 2.24) is 4.23 Å². The Morgan fingerprint density at radius 2 is 1.47 bits per heavy atom. The summed E-state index contributed by atoms with van der Waals surface area (Å²) in [5, 5.41) is 1.09. The van der Waals surface area contributed by atoms with Crippen LogP contribution in [0.3, 0.4) is 0 Å². The summed E-state index contributed by atoms with van der Waals surface area (Å²) in [4.78, 5) is 0. The summed E-state index contributed by atoms with van der Waals surface area (Å²) >= 11 is 0. The molecule has 0 unspecified atom stereocenters. The maximum Gasteiger partial charge on any atom is 0.169 e. The predicted molar refractivity (Wildman–Crippen MR) is 88.4 cm³/mol. The normalized spacial score (nSPS) is 13.8. The van der Waals surface area contributed by atoms with E-state index in [2.05, 4.69) is 70.2 Å². The number of aromatic nitrogens is 1. The zero-order chi connectivity index (χ0) is 15.1. The average Bonchev–Trinajstić information content (AvgIpc) is 2.67. The molecule has 0 atom stereocenters. The topological polar surface area (TPSA) is 4.93 Å². The van der Waals surface area contributed by atoms with E-state index in [-0.39, 0.29) is 0 Å². The molecule has 0 radical (unpaired) electrons. The number of para-hydroxylation sites is 1. The molecule has 1 aromatic heterocycles. The van der Waals surface area contributed by atoms with E-state index in [4.69, 9.17) is 1.37 Å². The summed E-state index contributed by atoms with van der Waals surface area (Å²) in [5.41, 5.74) is 3.20. The van der Waals surface area contributed by atoms with Crippen molar-refractivity contribution in [3.63, 3.8) is 0 Å². The summed E-state index contributed by atoms with van der Waals surface area (Å²) in [5.74, 6) is 0. The highest BCUT2D eigenvalue weighted by Crippen LogP contribution is 2.44. The number of hydrogen-bond acceptors (Lipinski definition) is 0. The highest BCUT2D eigenvalue weighted by molar-refractivity contribution is 6.82. The number of benzene rings is 1. The lowest BCUT2D eigenvalue weighted by atomic mass is 10.3. The molecule has 0 amide bonds. The minimum atomic E-state index is -1.75. The van der Waals surface area contributed by atoms with Crippen molar-refractivity contribution in [2.75, 3.05) is 0 Å². The molecule has 0 aliphatic rings. The van der Waals surface area contributed by atoms with Gasteiger partial charge < -0.3 is 4.23 Å². The molecule has 0 bridgehead atoms. The van der Waals surface area contributed by atoms with Crippen LogP contribution in [0.25, 0.3) is 10.9 Å². The molecule has 19 heavy (non-hydrogen) atoms. The van der Waals surface area contributed by atoms with Gasteiger partial charge >= 0.3 is 0 Å². The van der Waals surface area contributed by atoms with Crippen LogP contribution in [0.1, 0.15) is 42.9 Å². The molecule has 0 aliphatic carbocycles. The van der Waals surface area contributed by atoms with Gasteiger partial charge in [-0.2, -0.15) is 0 Å². The van der Waals surface area contributed by atoms with Crippen molar-refractivity contribution >= 4 is 19.1 Å². The van der Waals surface area contributed by atoms with Crippen LogP contribution in [0.5, 0.6) is 0 Å². The molecule has 1 nitrogen and oxygen atoms in total. The van der Waals surface area contributed by atoms with Crippen LogP contribution in [0, 0.1) is 0 Å². The molecule has 1 aromatic carbocycles. The summed E-state index contributed by atoms with van der Waals surface area (Å²) in [6.07, 6.45) is 2.09. The first-order valence-corrected chi connectivity index (χ1v) is 9.58. The maximum atomic E-state index is 8.29. The van der Waals surface area contributed by atoms with E-state index >= 15 is 0 Å². The Balaban J connectivity index is 2.82. The van der Waals surface area contributed by atoms with Gasteiger partial charge in [0.05, 0.1) is 1.37 Å². The second kappa shape index (κ2) is 5.16. The summed E-state index contributed by atoms with van der Waals surface area (Å²) in [7, 11) is -1.75. The van der Waals surface area contributed by atoms with Crippen LogP contribution >= 0.6 is 0 Å². The van der Waals surface area contributed by atoms with Gasteiger partial charge in [0.15, 0.2) is 8.24 Å². The van der Waals surface area contributed by atoms with E-state index in [1.807, 2.05) is 6.07 Å². The molecular formula is C17H27NSi. The van der Waals surface area contributed by atoms with Gasteiger partial charge in [0.25, 0.3) is 0 Å². The first-order chi connectivity index (χ1) is 9.33. The standard InChI is InChI=1S/C17H27NSi/c1-13(2)19(14(3)4,15(5)6)18-12-11-16-9-7-8-10-17(16)18/h7-15H,1-6H3/i11D. The summed E-state index contributed by atoms with van der Waals surface area (Å²) < 4.78 is 10.8. The number of rotatable bonds is 4. The molecule has 104 valence electrons. The molecule has 0 N–H and O–H groups in total. The van der Waals surface area contributed by atoms with Crippen LogP contribution in [-0.2, 0) is 0 Å². The fourth-order valence-corrected chi connectivity index (χ4v) is 10.7. The molecule has 1 heterocycles. The predicted octanol–water partition coefficient (Wildman–Crippen LogP) is 5.66. The van der Waals surface area contributed by atoms with Crippen molar-refractivity contribution < 1.29 is 1.37 Å². The highest BCUT2D eigenvalue weighted by Gasteiger charge is 2.45. The molecular weight excluding hydrogens is 246 g/mol. The monoisotopic (exact) mass is 274 g/mol. The van der Waals surface area contributed by atoms with E-state index in [1.54, 1.807) is 0 Å². The molecule has 2 rings (SSSR count). The van der Waals surface area contributed by atoms with Crippen molar-refractivity contribution in [2.45, 2.75) is 58.2 Å². The van der Waals surface area contributed by atoms with Crippen LogP contribution in [0.15, 0.2) is 36.5 Å². The minimum Gasteiger partial charge on any atom is -0.373 e. The third-order valence-corrected chi connectivity index (χ3v) is 11.5. The fraction of sp³-hybridized carbons (Fsp3) is 0.529. The van der Waals surface area contributed by atoms with Gasteiger partial charge in [-0.05, 0) is 40.3 Å². The van der Waals surface area contributed by atoms with E-state index in [9.17, 15) is 0 Å². The second-order valence-electron chi connectivity index (χ2n) is 6.51. The smallest absolute Gasteiger partial charge is 0.169 e. The maximum absolute atomic E-state index is 8.29. The second-order valence-corrected chi connectivity index (χ2v) is 12.2. The van der Waals surface area contributed by atoms with Gasteiger partial charge in [-0.15, -0.1) is 0 Å². The Morgan fingerprint density at radius 3 is 2.00 bits per heavy atom. The Morgan fingerprint density at radius 1 is 0.947 bits per heavy atom. The molecule has 0 spiro atoms. The van der Waals surface area contributed by atoms with Crippen molar-refractivity contribution in [3.05, 3.63) is 36.5 Å². The minimum absolute atomic E-state index is 0.651. The average molecular weight is 275 g/mol. The van der Waals surface area contributed by atoms with Crippen molar-refractivity contribution in [2.24, 2.45) is 0 Å². The Kier molecular flexibility index (Phi) is 3.53. The third kappa shape index (κ3) is 2.06. The number of nitrogens with zero attached hydrogens (tertiary/aromatic N) is 1. The molecule has 0 saturated heterocycles. The Labute approximate surface area is 120 Å². The first-order valence-electron chi connectivity index (χ1n) is 7.90. The largest absolute Gasteiger partial charge is 0.373 e. The third-order valence-electron chi connectivity index (χ3n) is 4.70. The van der Waals surface area contributed by atoms with E-state index in [0.29, 0.717) is 22.7 Å². The molecule has 2 aromatic rings. The van der Waals surface area contributed by atoms with Gasteiger partial charge in [-0.1, -0.05) is 59.7 Å². The molecule has 2 heteroatoms. The quantitative estimate of drug-likeness (QED) is 0.633. The van der Waals surface area contributed by atoms with E-state index in [1.165, 1.54) is 5.52 Å². The lowest BCUT2D eigenvalue weighted by Crippen LogP contribution is -2.51. The zero-order valence-electron chi connectivity index (χ0n) is 14.1. The van der Waals surface area contributed by atoms with Crippen molar-refractivity contribution in [1.29, 1.82) is 0 Å². The number of hydrogen-bond donors (Lipinski definition) is 0. The van der Waals surface area contributed by atoms with Gasteiger partial charge in [-0.3, -0.25) is 0 Å². The summed E-state index contributed by atoms with van der Waals surface area (Å²) in [6.45, 7) is 14.2. The lowest BCUT2D eigenvalue weighted by molar-refractivity contribution is 0.773. The van der Waals surface area contributed by atoms with Crippen LogP contribution < -0.4 is 0 Å². The highest BCUT2D eigenvalue weighted by atomic mass is 28.3. The van der Waals surface area contributed by atoms with Crippen molar-refractivity contribution in [3.8, 4) is 0 Å². The van der Waals surface area contributed by atoms with Gasteiger partial charge in [0, 0.05) is 5.52 Å². The van der Waals surface area contributed by atoms with E-state index < -0.39 is 8.24 Å². The van der Waals surface area contributed by atoms with E-state index in [0.717, 1.165) is 5.39 Å². The zero-order valence-corrected chi connectivity index (χ0v) is 14.1. The molecule has 0 saturated carbocycles. The van der Waals surface area contributed by atoms with Crippen LogP contribution in [0.4, 0.5) is 0 Å². The first kappa shape index (κ1) is 13.0. The van der Waals surface area contributed by atoms with Crippen LogP contribution in [0.2, 0.25) is 16.6 Å². The van der Waals surface area contributed by atoms with Gasteiger partial charge in [0.2, 0.25) is 0 Å². The van der Waals surface area contributed by atoms with Gasteiger partial charge in [-0.25, -0.2) is 0 Å². The number of fused-ring (bicyclic) bond motifs is 1. The lowest BCUT2D eigenvalue weighted by Gasteiger charge is -2.44. The Bertz CT molecular complexity index is 576. The molecule has 0 fully saturated rings. The van der Waals surface area contributed by atoms with Gasteiger partial charge in [0.1, 0.15) is 0 Å². The SMILES string of the molecule is [2H]c1cn([Si](C(C)C)(C(C)C)C(C)C)c2ccccc12.